The average molecular weight is 231 g/mol. The first-order chi connectivity index (χ1) is 7.18. The molecule has 1 aromatic heterocycles. The van der Waals surface area contributed by atoms with Gasteiger partial charge in [-0.2, -0.15) is 0 Å². The molecule has 0 aromatic carbocycles. The summed E-state index contributed by atoms with van der Waals surface area (Å²) in [6, 6.07) is 0. The minimum Gasteiger partial charge on any atom is -0.376 e. The summed E-state index contributed by atoms with van der Waals surface area (Å²) in [6.07, 6.45) is 3.53. The SMILES string of the molecule is Cc1c(Cl)n(CC2CCCCO2)[nH]c1=O. The van der Waals surface area contributed by atoms with Crippen molar-refractivity contribution in [2.45, 2.75) is 38.8 Å². The molecule has 1 aromatic rings. The van der Waals surface area contributed by atoms with Gasteiger partial charge in [-0.05, 0) is 26.2 Å². The number of nitrogens with zero attached hydrogens (tertiary/aromatic N) is 1. The highest BCUT2D eigenvalue weighted by Gasteiger charge is 2.17. The van der Waals surface area contributed by atoms with E-state index in [0.29, 0.717) is 17.3 Å². The molecule has 0 aliphatic carbocycles. The van der Waals surface area contributed by atoms with E-state index in [0.717, 1.165) is 19.4 Å². The first kappa shape index (κ1) is 10.8. The molecule has 1 aliphatic heterocycles. The van der Waals surface area contributed by atoms with Crippen molar-refractivity contribution in [1.29, 1.82) is 0 Å². The van der Waals surface area contributed by atoms with Gasteiger partial charge in [0.05, 0.1) is 18.2 Å². The van der Waals surface area contributed by atoms with Gasteiger partial charge in [0.25, 0.3) is 5.56 Å². The van der Waals surface area contributed by atoms with Gasteiger partial charge in [-0.1, -0.05) is 11.6 Å². The number of hydrogen-bond donors (Lipinski definition) is 1. The number of halogens is 1. The standard InChI is InChI=1S/C10H15ClN2O2/c1-7-9(11)13(12-10(7)14)6-8-4-2-3-5-15-8/h8H,2-6H2,1H3,(H,12,14). The number of aromatic amines is 1. The molecule has 1 aliphatic rings. The molecule has 0 saturated carbocycles. The minimum atomic E-state index is -0.115. The van der Waals surface area contributed by atoms with Crippen molar-refractivity contribution in [3.63, 3.8) is 0 Å². The lowest BCUT2D eigenvalue weighted by atomic mass is 10.1. The summed E-state index contributed by atoms with van der Waals surface area (Å²) in [7, 11) is 0. The van der Waals surface area contributed by atoms with Gasteiger partial charge in [0.15, 0.2) is 0 Å². The zero-order valence-electron chi connectivity index (χ0n) is 8.75. The molecule has 1 unspecified atom stereocenters. The largest absolute Gasteiger partial charge is 0.376 e. The Hall–Kier alpha value is -0.740. The van der Waals surface area contributed by atoms with Gasteiger partial charge < -0.3 is 4.74 Å². The highest BCUT2D eigenvalue weighted by molar-refractivity contribution is 6.30. The molecule has 2 heterocycles. The van der Waals surface area contributed by atoms with Crippen LogP contribution in [-0.4, -0.2) is 22.5 Å². The Morgan fingerprint density at radius 2 is 2.40 bits per heavy atom. The van der Waals surface area contributed by atoms with Crippen molar-refractivity contribution in [2.24, 2.45) is 0 Å². The van der Waals surface area contributed by atoms with Crippen molar-refractivity contribution < 1.29 is 4.74 Å². The molecule has 2 rings (SSSR count). The van der Waals surface area contributed by atoms with Crippen LogP contribution in [0.2, 0.25) is 5.15 Å². The van der Waals surface area contributed by atoms with Crippen LogP contribution in [0.5, 0.6) is 0 Å². The van der Waals surface area contributed by atoms with Gasteiger partial charge in [-0.15, -0.1) is 0 Å². The van der Waals surface area contributed by atoms with Crippen molar-refractivity contribution >= 4 is 11.6 Å². The molecule has 84 valence electrons. The molecule has 1 fully saturated rings. The summed E-state index contributed by atoms with van der Waals surface area (Å²) in [4.78, 5) is 11.3. The van der Waals surface area contributed by atoms with Crippen molar-refractivity contribution in [1.82, 2.24) is 9.78 Å². The average Bonchev–Trinajstić information content (AvgIpc) is 2.48. The third-order valence-electron chi connectivity index (χ3n) is 2.78. The van der Waals surface area contributed by atoms with Crippen LogP contribution in [0.25, 0.3) is 0 Å². The number of ether oxygens (including phenoxy) is 1. The first-order valence-corrected chi connectivity index (χ1v) is 5.63. The molecular formula is C10H15ClN2O2. The van der Waals surface area contributed by atoms with E-state index in [1.807, 2.05) is 0 Å². The van der Waals surface area contributed by atoms with Crippen molar-refractivity contribution in [3.8, 4) is 0 Å². The molecule has 5 heteroatoms. The molecule has 1 atom stereocenters. The predicted molar refractivity (Wildman–Crippen MR) is 58.4 cm³/mol. The van der Waals surface area contributed by atoms with Crippen molar-refractivity contribution in [2.75, 3.05) is 6.61 Å². The summed E-state index contributed by atoms with van der Waals surface area (Å²) in [5, 5.41) is 3.20. The van der Waals surface area contributed by atoms with E-state index < -0.39 is 0 Å². The van der Waals surface area contributed by atoms with Gasteiger partial charge in [0.1, 0.15) is 5.15 Å². The van der Waals surface area contributed by atoms with Gasteiger partial charge >= 0.3 is 0 Å². The second-order valence-electron chi connectivity index (χ2n) is 3.96. The lowest BCUT2D eigenvalue weighted by molar-refractivity contribution is 0.00397. The molecule has 0 radical (unpaired) electrons. The molecule has 0 amide bonds. The fourth-order valence-electron chi connectivity index (χ4n) is 1.83. The van der Waals surface area contributed by atoms with E-state index >= 15 is 0 Å². The highest BCUT2D eigenvalue weighted by atomic mass is 35.5. The Kier molecular flexibility index (Phi) is 3.17. The smallest absolute Gasteiger partial charge is 0.268 e. The third kappa shape index (κ3) is 2.26. The number of hydrogen-bond acceptors (Lipinski definition) is 2. The van der Waals surface area contributed by atoms with Gasteiger partial charge in [0.2, 0.25) is 0 Å². The second-order valence-corrected chi connectivity index (χ2v) is 4.31. The predicted octanol–water partition coefficient (Wildman–Crippen LogP) is 1.71. The summed E-state index contributed by atoms with van der Waals surface area (Å²) < 4.78 is 7.26. The minimum absolute atomic E-state index is 0.115. The fourth-order valence-corrected chi connectivity index (χ4v) is 2.03. The van der Waals surface area contributed by atoms with E-state index in [9.17, 15) is 4.79 Å². The number of nitrogens with one attached hydrogen (secondary N) is 1. The Morgan fingerprint density at radius 1 is 1.60 bits per heavy atom. The van der Waals surface area contributed by atoms with E-state index in [4.69, 9.17) is 16.3 Å². The Morgan fingerprint density at radius 3 is 2.93 bits per heavy atom. The second kappa shape index (κ2) is 4.41. The monoisotopic (exact) mass is 230 g/mol. The van der Waals surface area contributed by atoms with Crippen LogP contribution < -0.4 is 5.56 Å². The van der Waals surface area contributed by atoms with Crippen LogP contribution in [0.1, 0.15) is 24.8 Å². The maximum absolute atomic E-state index is 11.3. The van der Waals surface area contributed by atoms with Crippen LogP contribution in [0.4, 0.5) is 0 Å². The van der Waals surface area contributed by atoms with Crippen LogP contribution >= 0.6 is 11.6 Å². The highest BCUT2D eigenvalue weighted by Crippen LogP contribution is 2.17. The molecule has 1 saturated heterocycles. The van der Waals surface area contributed by atoms with Gasteiger partial charge in [-0.3, -0.25) is 14.6 Å². The normalized spacial score (nSPS) is 21.9. The van der Waals surface area contributed by atoms with Gasteiger partial charge in [0, 0.05) is 6.61 Å². The van der Waals surface area contributed by atoms with E-state index in [-0.39, 0.29) is 11.7 Å². The number of aromatic nitrogens is 2. The Balaban J connectivity index is 2.09. The van der Waals surface area contributed by atoms with Crippen molar-refractivity contribution in [3.05, 3.63) is 21.1 Å². The summed E-state index contributed by atoms with van der Waals surface area (Å²) >= 11 is 6.01. The maximum Gasteiger partial charge on any atom is 0.268 e. The summed E-state index contributed by atoms with van der Waals surface area (Å²) in [5.41, 5.74) is 0.461. The third-order valence-corrected chi connectivity index (χ3v) is 3.27. The lowest BCUT2D eigenvalue weighted by Gasteiger charge is -2.22. The molecule has 15 heavy (non-hydrogen) atoms. The van der Waals surface area contributed by atoms with Crippen LogP contribution in [0, 0.1) is 6.92 Å². The maximum atomic E-state index is 11.3. The molecular weight excluding hydrogens is 216 g/mol. The Bertz CT molecular complexity index is 391. The topological polar surface area (TPSA) is 47.0 Å². The summed E-state index contributed by atoms with van der Waals surface area (Å²) in [6.45, 7) is 3.17. The van der Waals surface area contributed by atoms with E-state index in [2.05, 4.69) is 5.10 Å². The first-order valence-electron chi connectivity index (χ1n) is 5.25. The zero-order valence-corrected chi connectivity index (χ0v) is 9.51. The zero-order chi connectivity index (χ0) is 10.8. The molecule has 0 bridgehead atoms. The Labute approximate surface area is 93.2 Å². The fraction of sp³-hybridized carbons (Fsp3) is 0.700. The van der Waals surface area contributed by atoms with Gasteiger partial charge in [-0.25, -0.2) is 0 Å². The van der Waals surface area contributed by atoms with Crippen LogP contribution in [-0.2, 0) is 11.3 Å². The van der Waals surface area contributed by atoms with E-state index in [1.54, 1.807) is 11.6 Å². The lowest BCUT2D eigenvalue weighted by Crippen LogP contribution is -2.25. The number of rotatable bonds is 2. The van der Waals surface area contributed by atoms with E-state index in [1.165, 1.54) is 6.42 Å². The molecule has 1 N–H and O–H groups in total. The van der Waals surface area contributed by atoms with Crippen LogP contribution in [0.15, 0.2) is 4.79 Å². The summed E-state index contributed by atoms with van der Waals surface area (Å²) in [5.74, 6) is 0. The molecule has 0 spiro atoms. The quantitative estimate of drug-likeness (QED) is 0.841. The van der Waals surface area contributed by atoms with Crippen LogP contribution in [0.3, 0.4) is 0 Å². The molecule has 4 nitrogen and oxygen atoms in total. The number of H-pyrrole nitrogens is 1.